The summed E-state index contributed by atoms with van der Waals surface area (Å²) < 4.78 is 25.4. The fourth-order valence-electron chi connectivity index (χ4n) is 0.512. The van der Waals surface area contributed by atoms with Gasteiger partial charge in [-0.2, -0.15) is 0 Å². The monoisotopic (exact) mass is 444 g/mol. The molecule has 15 heavy (non-hydrogen) atoms. The van der Waals surface area contributed by atoms with Crippen molar-refractivity contribution in [3.05, 3.63) is 36.4 Å². The average Bonchev–Trinajstić information content (AvgIpc) is 2.21. The fourth-order valence-corrected chi connectivity index (χ4v) is 2.51. The highest BCUT2D eigenvalue weighted by molar-refractivity contribution is 14.1. The fraction of sp³-hybridized carbons (Fsp3) is 0. The molecular weight excluding hydrogens is 438 g/mol. The Kier molecular flexibility index (Phi) is 8.86. The lowest BCUT2D eigenvalue weighted by atomic mass is 10.4. The predicted octanol–water partition coefficient (Wildman–Crippen LogP) is 2.79. The molecule has 0 N–H and O–H groups in total. The Morgan fingerprint density at radius 1 is 0.733 bits per heavy atom. The van der Waals surface area contributed by atoms with Crippen molar-refractivity contribution in [2.75, 3.05) is 0 Å². The van der Waals surface area contributed by atoms with E-state index in [0.717, 1.165) is 0 Å². The first-order valence-corrected chi connectivity index (χ1v) is 7.26. The minimum absolute atomic E-state index is 1.64. The van der Waals surface area contributed by atoms with Gasteiger partial charge in [-0.15, -0.1) is 0 Å². The Hall–Kier alpha value is -0.250. The molecule has 5 heteroatoms. The summed E-state index contributed by atoms with van der Waals surface area (Å²) in [7, 11) is -3.42. The second-order valence-electron chi connectivity index (χ2n) is 2.05. The van der Waals surface area contributed by atoms with Gasteiger partial charge in [0, 0.05) is 45.2 Å². The summed E-state index contributed by atoms with van der Waals surface area (Å²) >= 11 is 3.28. The lowest BCUT2D eigenvalue weighted by Gasteiger charge is -1.72. The van der Waals surface area contributed by atoms with Gasteiger partial charge in [-0.25, -0.2) is 8.42 Å². The zero-order valence-corrected chi connectivity index (χ0v) is 12.6. The molecular formula is C10H6I2O2S. The van der Waals surface area contributed by atoms with Gasteiger partial charge < -0.3 is 0 Å². The lowest BCUT2D eigenvalue weighted by molar-refractivity contribution is 0.615. The summed E-state index contributed by atoms with van der Waals surface area (Å²) in [4.78, 5) is 0. The molecule has 0 fully saturated rings. The van der Waals surface area contributed by atoms with Crippen molar-refractivity contribution < 1.29 is 8.42 Å². The van der Waals surface area contributed by atoms with Gasteiger partial charge in [-0.05, 0) is 7.85 Å². The lowest BCUT2D eigenvalue weighted by Crippen LogP contribution is -1.87. The molecule has 0 aliphatic carbocycles. The molecule has 2 nitrogen and oxygen atoms in total. The van der Waals surface area contributed by atoms with Crippen LogP contribution in [-0.4, -0.2) is 8.42 Å². The van der Waals surface area contributed by atoms with Crippen LogP contribution in [0.3, 0.4) is 0 Å². The maximum Gasteiger partial charge on any atom is 0.285 e. The van der Waals surface area contributed by atoms with Crippen LogP contribution in [0.1, 0.15) is 0 Å². The summed E-state index contributed by atoms with van der Waals surface area (Å²) in [5.41, 5.74) is 0. The van der Waals surface area contributed by atoms with E-state index in [1.54, 1.807) is 45.2 Å². The van der Waals surface area contributed by atoms with Crippen LogP contribution < -0.4 is 0 Å². The Morgan fingerprint density at radius 2 is 1.00 bits per heavy atom. The standard InChI is InChI=1S/C6H6.C4I2O2S/c1-2-4-6-5-3-1;5-1-3-9(7,8)4-2-6/h1-6H;. The van der Waals surface area contributed by atoms with Gasteiger partial charge in [0.25, 0.3) is 9.84 Å². The van der Waals surface area contributed by atoms with Crippen molar-refractivity contribution in [1.82, 2.24) is 0 Å². The van der Waals surface area contributed by atoms with Crippen LogP contribution in [0.2, 0.25) is 0 Å². The van der Waals surface area contributed by atoms with E-state index < -0.39 is 9.84 Å². The first kappa shape index (κ1) is 14.8. The third kappa shape index (κ3) is 10.0. The number of benzene rings is 1. The second kappa shape index (κ2) is 9.01. The number of halogens is 2. The highest BCUT2D eigenvalue weighted by Gasteiger charge is 1.95. The van der Waals surface area contributed by atoms with Crippen LogP contribution in [0.4, 0.5) is 0 Å². The maximum atomic E-state index is 10.5. The van der Waals surface area contributed by atoms with Crippen molar-refractivity contribution in [2.45, 2.75) is 0 Å². The molecule has 0 radical (unpaired) electrons. The molecule has 1 aromatic carbocycles. The molecule has 0 aromatic heterocycles. The van der Waals surface area contributed by atoms with Gasteiger partial charge in [-0.3, -0.25) is 0 Å². The zero-order valence-electron chi connectivity index (χ0n) is 7.44. The van der Waals surface area contributed by atoms with Gasteiger partial charge in [0.15, 0.2) is 0 Å². The van der Waals surface area contributed by atoms with Gasteiger partial charge in [0.1, 0.15) is 0 Å². The third-order valence-electron chi connectivity index (χ3n) is 1.01. The highest BCUT2D eigenvalue weighted by Crippen LogP contribution is 1.85. The molecule has 0 bridgehead atoms. The number of hydrogen-bond acceptors (Lipinski definition) is 2. The van der Waals surface area contributed by atoms with Gasteiger partial charge in [-0.1, -0.05) is 36.4 Å². The molecule has 0 amide bonds. The van der Waals surface area contributed by atoms with Gasteiger partial charge in [0.05, 0.1) is 10.5 Å². The van der Waals surface area contributed by atoms with Crippen molar-refractivity contribution in [3.63, 3.8) is 0 Å². The van der Waals surface area contributed by atoms with Crippen LogP contribution in [-0.2, 0) is 9.84 Å². The predicted molar refractivity (Wildman–Crippen MR) is 79.0 cm³/mol. The normalized spacial score (nSPS) is 8.13. The van der Waals surface area contributed by atoms with E-state index in [1.807, 2.05) is 46.9 Å². The molecule has 0 unspecified atom stereocenters. The Balaban J connectivity index is 0.000000280. The van der Waals surface area contributed by atoms with E-state index in [0.29, 0.717) is 0 Å². The molecule has 0 aliphatic heterocycles. The summed E-state index contributed by atoms with van der Waals surface area (Å²) in [5, 5.41) is 3.91. The largest absolute Gasteiger partial charge is 0.285 e. The van der Waals surface area contributed by atoms with E-state index >= 15 is 0 Å². The minimum Gasteiger partial charge on any atom is -0.202 e. The smallest absolute Gasteiger partial charge is 0.202 e. The number of rotatable bonds is 0. The Morgan fingerprint density at radius 3 is 1.20 bits per heavy atom. The van der Waals surface area contributed by atoms with Crippen LogP contribution in [0.5, 0.6) is 0 Å². The van der Waals surface area contributed by atoms with E-state index in [9.17, 15) is 8.42 Å². The molecule has 0 atom stereocenters. The molecule has 0 saturated heterocycles. The van der Waals surface area contributed by atoms with Gasteiger partial charge in [0.2, 0.25) is 0 Å². The summed E-state index contributed by atoms with van der Waals surface area (Å²) in [6.45, 7) is 0. The maximum absolute atomic E-state index is 10.5. The Bertz CT molecular complexity index is 434. The van der Waals surface area contributed by atoms with E-state index in [4.69, 9.17) is 0 Å². The minimum atomic E-state index is -3.42. The summed E-state index contributed by atoms with van der Waals surface area (Å²) in [5.74, 6) is 0. The number of hydrogen-bond donors (Lipinski definition) is 0. The first-order chi connectivity index (χ1) is 7.12. The third-order valence-corrected chi connectivity index (χ3v) is 3.03. The molecule has 1 aromatic rings. The molecule has 0 saturated carbocycles. The molecule has 0 heterocycles. The van der Waals surface area contributed by atoms with Gasteiger partial charge >= 0.3 is 0 Å². The Labute approximate surface area is 117 Å². The van der Waals surface area contributed by atoms with Crippen molar-refractivity contribution >= 4 is 55.0 Å². The van der Waals surface area contributed by atoms with Crippen molar-refractivity contribution in [2.24, 2.45) is 0 Å². The number of sulfone groups is 1. The molecule has 0 spiro atoms. The second-order valence-corrected chi connectivity index (χ2v) is 4.55. The van der Waals surface area contributed by atoms with Crippen LogP contribution in [0.25, 0.3) is 0 Å². The molecule has 1 rings (SSSR count). The van der Waals surface area contributed by atoms with Crippen LogP contribution in [0.15, 0.2) is 36.4 Å². The highest BCUT2D eigenvalue weighted by atomic mass is 127. The topological polar surface area (TPSA) is 34.1 Å². The summed E-state index contributed by atoms with van der Waals surface area (Å²) in [6.07, 6.45) is 0. The first-order valence-electron chi connectivity index (χ1n) is 3.62. The van der Waals surface area contributed by atoms with E-state index in [2.05, 4.69) is 7.85 Å². The average molecular weight is 444 g/mol. The quantitative estimate of drug-likeness (QED) is 0.456. The van der Waals surface area contributed by atoms with Crippen molar-refractivity contribution in [1.29, 1.82) is 0 Å². The van der Waals surface area contributed by atoms with E-state index in [-0.39, 0.29) is 0 Å². The van der Waals surface area contributed by atoms with E-state index in [1.165, 1.54) is 0 Å². The van der Waals surface area contributed by atoms with Crippen LogP contribution in [0, 0.1) is 18.4 Å². The molecule has 0 aliphatic rings. The van der Waals surface area contributed by atoms with Crippen molar-refractivity contribution in [3.8, 4) is 18.4 Å². The van der Waals surface area contributed by atoms with Crippen LogP contribution >= 0.6 is 45.2 Å². The SMILES string of the molecule is O=S(=O)(C#CI)C#CI.c1ccccc1. The zero-order chi connectivity index (χ0) is 11.6. The molecule has 78 valence electrons. The summed E-state index contributed by atoms with van der Waals surface area (Å²) in [6, 6.07) is 12.0.